The van der Waals surface area contributed by atoms with E-state index in [1.165, 1.54) is 17.0 Å². The first-order valence-corrected chi connectivity index (χ1v) is 14.5. The number of sulfonamides is 1. The maximum atomic E-state index is 14.0. The minimum atomic E-state index is -4.09. The van der Waals surface area contributed by atoms with Crippen LogP contribution in [0.15, 0.2) is 83.8 Å². The summed E-state index contributed by atoms with van der Waals surface area (Å²) >= 11 is 6.41. The first-order chi connectivity index (χ1) is 18.2. The molecule has 9 heteroatoms. The number of anilines is 1. The van der Waals surface area contributed by atoms with Gasteiger partial charge in [-0.3, -0.25) is 13.9 Å². The van der Waals surface area contributed by atoms with Crippen molar-refractivity contribution >= 4 is 39.1 Å². The average molecular weight is 556 g/mol. The number of rotatable bonds is 12. The fourth-order valence-electron chi connectivity index (χ4n) is 4.06. The third-order valence-electron chi connectivity index (χ3n) is 6.17. The van der Waals surface area contributed by atoms with Crippen LogP contribution in [0.5, 0.6) is 0 Å². The molecule has 0 aliphatic carbocycles. The third-order valence-corrected chi connectivity index (χ3v) is 8.32. The highest BCUT2D eigenvalue weighted by Crippen LogP contribution is 2.25. The monoisotopic (exact) mass is 555 g/mol. The summed E-state index contributed by atoms with van der Waals surface area (Å²) in [5, 5.41) is 3.33. The van der Waals surface area contributed by atoms with Crippen LogP contribution in [0.25, 0.3) is 0 Å². The zero-order valence-corrected chi connectivity index (χ0v) is 23.5. The number of nitrogens with zero attached hydrogens (tertiary/aromatic N) is 2. The predicted molar refractivity (Wildman–Crippen MR) is 152 cm³/mol. The molecule has 1 atom stereocenters. The first kappa shape index (κ1) is 29.2. The smallest absolute Gasteiger partial charge is 0.264 e. The molecule has 0 aromatic heterocycles. The molecule has 38 heavy (non-hydrogen) atoms. The Kier molecular flexibility index (Phi) is 10.3. The van der Waals surface area contributed by atoms with Gasteiger partial charge in [0.15, 0.2) is 0 Å². The standard InChI is InChI=1S/C29H34ClN3O4S/c1-4-19-31-29(35)27(5-2)32(20-23-11-9-10-14-26(23)30)28(34)21-33(24-12-7-6-8-13-24)38(36,37)25-17-15-22(3)16-18-25/h6-18,27H,4-5,19-21H2,1-3H3,(H,31,35)/t27-/m1/s1. The molecule has 3 aromatic rings. The Bertz CT molecular complexity index is 1330. The molecule has 0 spiro atoms. The molecular weight excluding hydrogens is 522 g/mol. The molecule has 0 fully saturated rings. The van der Waals surface area contributed by atoms with Gasteiger partial charge in [0, 0.05) is 18.1 Å². The molecule has 0 aliphatic heterocycles. The number of para-hydroxylation sites is 1. The molecule has 0 heterocycles. The Morgan fingerprint density at radius 1 is 0.921 bits per heavy atom. The summed E-state index contributed by atoms with van der Waals surface area (Å²) in [6.45, 7) is 5.69. The maximum Gasteiger partial charge on any atom is 0.264 e. The number of carbonyl (C=O) groups is 2. The van der Waals surface area contributed by atoms with Gasteiger partial charge in [0.25, 0.3) is 10.0 Å². The number of halogens is 1. The Morgan fingerprint density at radius 2 is 1.55 bits per heavy atom. The Hall–Kier alpha value is -3.36. The van der Waals surface area contributed by atoms with E-state index in [1.54, 1.807) is 66.7 Å². The summed E-state index contributed by atoms with van der Waals surface area (Å²) in [5.74, 6) is -0.801. The number of nitrogens with one attached hydrogen (secondary N) is 1. The van der Waals surface area contributed by atoms with E-state index < -0.39 is 28.5 Å². The lowest BCUT2D eigenvalue weighted by Crippen LogP contribution is -2.52. The molecule has 0 radical (unpaired) electrons. The van der Waals surface area contributed by atoms with Gasteiger partial charge in [0.05, 0.1) is 10.6 Å². The van der Waals surface area contributed by atoms with Gasteiger partial charge in [-0.15, -0.1) is 0 Å². The van der Waals surface area contributed by atoms with Gasteiger partial charge < -0.3 is 10.2 Å². The van der Waals surface area contributed by atoms with Gasteiger partial charge in [0.2, 0.25) is 11.8 Å². The van der Waals surface area contributed by atoms with Crippen LogP contribution in [-0.4, -0.2) is 44.3 Å². The van der Waals surface area contributed by atoms with Crippen molar-refractivity contribution in [2.24, 2.45) is 0 Å². The van der Waals surface area contributed by atoms with Crippen molar-refractivity contribution in [1.29, 1.82) is 0 Å². The van der Waals surface area contributed by atoms with Crippen molar-refractivity contribution in [3.8, 4) is 0 Å². The number of amides is 2. The summed E-state index contributed by atoms with van der Waals surface area (Å²) in [6.07, 6.45) is 1.10. The molecule has 7 nitrogen and oxygen atoms in total. The predicted octanol–water partition coefficient (Wildman–Crippen LogP) is 5.18. The lowest BCUT2D eigenvalue weighted by atomic mass is 10.1. The first-order valence-electron chi connectivity index (χ1n) is 12.6. The SMILES string of the molecule is CCCNC(=O)[C@@H](CC)N(Cc1ccccc1Cl)C(=O)CN(c1ccccc1)S(=O)(=O)c1ccc(C)cc1. The lowest BCUT2D eigenvalue weighted by Gasteiger charge is -2.33. The van der Waals surface area contributed by atoms with E-state index in [4.69, 9.17) is 11.6 Å². The Balaban J connectivity index is 2.03. The summed E-state index contributed by atoms with van der Waals surface area (Å²) in [4.78, 5) is 28.5. The molecular formula is C29H34ClN3O4S. The van der Waals surface area contributed by atoms with E-state index in [0.29, 0.717) is 29.2 Å². The van der Waals surface area contributed by atoms with E-state index in [2.05, 4.69) is 5.32 Å². The number of hydrogen-bond donors (Lipinski definition) is 1. The topological polar surface area (TPSA) is 86.8 Å². The fraction of sp³-hybridized carbons (Fsp3) is 0.310. The van der Waals surface area contributed by atoms with Crippen molar-refractivity contribution in [3.63, 3.8) is 0 Å². The second kappa shape index (κ2) is 13.4. The minimum absolute atomic E-state index is 0.0593. The van der Waals surface area contributed by atoms with Gasteiger partial charge in [-0.1, -0.05) is 79.5 Å². The zero-order valence-electron chi connectivity index (χ0n) is 21.9. The second-order valence-corrected chi connectivity index (χ2v) is 11.3. The molecule has 0 aliphatic rings. The summed E-state index contributed by atoms with van der Waals surface area (Å²) in [5.41, 5.74) is 1.93. The van der Waals surface area contributed by atoms with E-state index in [9.17, 15) is 18.0 Å². The van der Waals surface area contributed by atoms with Gasteiger partial charge in [-0.25, -0.2) is 8.42 Å². The second-order valence-electron chi connectivity index (χ2n) is 8.99. The summed E-state index contributed by atoms with van der Waals surface area (Å²) < 4.78 is 28.7. The normalized spacial score (nSPS) is 12.0. The minimum Gasteiger partial charge on any atom is -0.354 e. The van der Waals surface area contributed by atoms with Crippen molar-refractivity contribution in [2.75, 3.05) is 17.4 Å². The quantitative estimate of drug-likeness (QED) is 0.334. The van der Waals surface area contributed by atoms with Crippen molar-refractivity contribution in [3.05, 3.63) is 95.0 Å². The van der Waals surface area contributed by atoms with Crippen LogP contribution in [-0.2, 0) is 26.2 Å². The largest absolute Gasteiger partial charge is 0.354 e. The highest BCUT2D eigenvalue weighted by Gasteiger charge is 2.33. The average Bonchev–Trinajstić information content (AvgIpc) is 2.92. The molecule has 0 saturated heterocycles. The number of carbonyl (C=O) groups excluding carboxylic acids is 2. The Labute approximate surface area is 230 Å². The van der Waals surface area contributed by atoms with Crippen LogP contribution in [0.4, 0.5) is 5.69 Å². The lowest BCUT2D eigenvalue weighted by molar-refractivity contribution is -0.140. The van der Waals surface area contributed by atoms with E-state index in [1.807, 2.05) is 20.8 Å². The van der Waals surface area contributed by atoms with Crippen LogP contribution >= 0.6 is 11.6 Å². The summed E-state index contributed by atoms with van der Waals surface area (Å²) in [7, 11) is -4.09. The molecule has 0 bridgehead atoms. The molecule has 1 N–H and O–H groups in total. The van der Waals surface area contributed by atoms with E-state index in [0.717, 1.165) is 16.3 Å². The van der Waals surface area contributed by atoms with Crippen LogP contribution in [0, 0.1) is 6.92 Å². The van der Waals surface area contributed by atoms with Gasteiger partial charge in [-0.05, 0) is 55.7 Å². The van der Waals surface area contributed by atoms with Gasteiger partial charge in [-0.2, -0.15) is 0 Å². The zero-order chi connectivity index (χ0) is 27.7. The van der Waals surface area contributed by atoms with Crippen LogP contribution in [0.2, 0.25) is 5.02 Å². The number of aryl methyl sites for hydroxylation is 1. The van der Waals surface area contributed by atoms with Crippen molar-refractivity contribution in [1.82, 2.24) is 10.2 Å². The van der Waals surface area contributed by atoms with Gasteiger partial charge in [0.1, 0.15) is 12.6 Å². The highest BCUT2D eigenvalue weighted by atomic mass is 35.5. The van der Waals surface area contributed by atoms with Crippen molar-refractivity contribution in [2.45, 2.75) is 51.1 Å². The van der Waals surface area contributed by atoms with E-state index >= 15 is 0 Å². The van der Waals surface area contributed by atoms with Crippen LogP contribution in [0.3, 0.4) is 0 Å². The number of benzene rings is 3. The molecule has 3 rings (SSSR count). The summed E-state index contributed by atoms with van der Waals surface area (Å²) in [6, 6.07) is 21.3. The Morgan fingerprint density at radius 3 is 2.16 bits per heavy atom. The maximum absolute atomic E-state index is 14.0. The third kappa shape index (κ3) is 7.14. The molecule has 202 valence electrons. The van der Waals surface area contributed by atoms with Crippen molar-refractivity contribution < 1.29 is 18.0 Å². The molecule has 2 amide bonds. The van der Waals surface area contributed by atoms with Crippen LogP contribution in [0.1, 0.15) is 37.8 Å². The number of hydrogen-bond acceptors (Lipinski definition) is 4. The molecule has 0 unspecified atom stereocenters. The van der Waals surface area contributed by atoms with Gasteiger partial charge >= 0.3 is 0 Å². The highest BCUT2D eigenvalue weighted by molar-refractivity contribution is 7.92. The molecule has 3 aromatic carbocycles. The molecule has 0 saturated carbocycles. The van der Waals surface area contributed by atoms with E-state index in [-0.39, 0.29) is 17.3 Å². The fourth-order valence-corrected chi connectivity index (χ4v) is 5.67. The van der Waals surface area contributed by atoms with Crippen LogP contribution < -0.4 is 9.62 Å².